The van der Waals surface area contributed by atoms with E-state index in [2.05, 4.69) is 10.6 Å². The number of anilines is 2. The highest BCUT2D eigenvalue weighted by atomic mass is 19.1. The fraction of sp³-hybridized carbons (Fsp3) is 0.394. The second-order valence-corrected chi connectivity index (χ2v) is 11.9. The molecular weight excluding hydrogens is 521 g/mol. The summed E-state index contributed by atoms with van der Waals surface area (Å²) in [6.45, 7) is 8.42. The molecule has 4 rings (SSSR count). The molecule has 1 saturated carbocycles. The largest absolute Gasteiger partial charge is 0.481 e. The number of rotatable bonds is 11. The van der Waals surface area contributed by atoms with Gasteiger partial charge in [-0.25, -0.2) is 9.18 Å². The van der Waals surface area contributed by atoms with Crippen LogP contribution in [0.5, 0.6) is 0 Å². The van der Waals surface area contributed by atoms with Crippen LogP contribution in [0.25, 0.3) is 11.1 Å². The fourth-order valence-corrected chi connectivity index (χ4v) is 4.74. The first kappa shape index (κ1) is 29.9. The Kier molecular flexibility index (Phi) is 9.21. The molecule has 3 aromatic carbocycles. The van der Waals surface area contributed by atoms with Crippen molar-refractivity contribution in [3.8, 4) is 11.1 Å². The maximum atomic E-state index is 16.0. The summed E-state index contributed by atoms with van der Waals surface area (Å²) >= 11 is 0. The lowest BCUT2D eigenvalue weighted by atomic mass is 9.97. The van der Waals surface area contributed by atoms with Crippen LogP contribution in [0.3, 0.4) is 0 Å². The van der Waals surface area contributed by atoms with Crippen LogP contribution in [0, 0.1) is 11.7 Å². The number of carboxylic acids is 1. The van der Waals surface area contributed by atoms with Crippen LogP contribution < -0.4 is 15.5 Å². The molecule has 7 nitrogen and oxygen atoms in total. The summed E-state index contributed by atoms with van der Waals surface area (Å²) in [6, 6.07) is 18.1. The van der Waals surface area contributed by atoms with Gasteiger partial charge in [0.2, 0.25) is 0 Å². The number of amides is 1. The van der Waals surface area contributed by atoms with Crippen LogP contribution in [0.1, 0.15) is 63.3 Å². The highest BCUT2D eigenvalue weighted by Gasteiger charge is 2.23. The molecule has 1 aliphatic rings. The molecule has 0 heterocycles. The number of hydrogen-bond donors (Lipinski definition) is 3. The second-order valence-electron chi connectivity index (χ2n) is 11.9. The minimum Gasteiger partial charge on any atom is -0.481 e. The van der Waals surface area contributed by atoms with E-state index < -0.39 is 29.5 Å². The average Bonchev–Trinajstić information content (AvgIpc) is 3.71. The SMILES string of the molecule is CC(NC(=O)OC(C)(C)C)c1cccc(-c2cc(NCC3CC3)cc(N(C)Cc3ccccc3CC(=O)O)c2)c1F. The molecule has 0 saturated heterocycles. The summed E-state index contributed by atoms with van der Waals surface area (Å²) in [7, 11) is 1.95. The number of alkyl carbamates (subject to hydrolysis) is 1. The van der Waals surface area contributed by atoms with E-state index in [4.69, 9.17) is 4.74 Å². The Morgan fingerprint density at radius 1 is 1.07 bits per heavy atom. The lowest BCUT2D eigenvalue weighted by Crippen LogP contribution is -2.34. The number of carbonyl (C=O) groups excluding carboxylic acids is 1. The van der Waals surface area contributed by atoms with Crippen molar-refractivity contribution in [1.29, 1.82) is 0 Å². The zero-order valence-corrected chi connectivity index (χ0v) is 24.5. The van der Waals surface area contributed by atoms with Gasteiger partial charge in [0.25, 0.3) is 0 Å². The van der Waals surface area contributed by atoms with Gasteiger partial charge in [-0.2, -0.15) is 0 Å². The van der Waals surface area contributed by atoms with Gasteiger partial charge >= 0.3 is 12.1 Å². The molecule has 1 unspecified atom stereocenters. The highest BCUT2D eigenvalue weighted by Crippen LogP contribution is 2.35. The van der Waals surface area contributed by atoms with E-state index in [0.29, 0.717) is 29.2 Å². The molecule has 1 fully saturated rings. The van der Waals surface area contributed by atoms with Gasteiger partial charge in [0, 0.05) is 42.6 Å². The number of nitrogens with one attached hydrogen (secondary N) is 2. The Morgan fingerprint density at radius 3 is 2.44 bits per heavy atom. The smallest absolute Gasteiger partial charge is 0.408 e. The predicted molar refractivity (Wildman–Crippen MR) is 161 cm³/mol. The average molecular weight is 562 g/mol. The molecule has 1 amide bonds. The lowest BCUT2D eigenvalue weighted by molar-refractivity contribution is -0.136. The van der Waals surface area contributed by atoms with Crippen LogP contribution in [-0.4, -0.2) is 36.4 Å². The molecule has 1 aliphatic carbocycles. The zero-order valence-electron chi connectivity index (χ0n) is 24.5. The van der Waals surface area contributed by atoms with E-state index in [0.717, 1.165) is 29.0 Å². The Bertz CT molecular complexity index is 1400. The summed E-state index contributed by atoms with van der Waals surface area (Å²) in [5.74, 6) is -0.627. The molecule has 0 aliphatic heterocycles. The number of nitrogens with zero attached hydrogens (tertiary/aromatic N) is 1. The molecule has 0 radical (unpaired) electrons. The van der Waals surface area contributed by atoms with Crippen molar-refractivity contribution in [2.24, 2.45) is 5.92 Å². The molecule has 0 spiro atoms. The standard InChI is InChI=1S/C33H40FN3O4/c1-21(36-32(40)41-33(2,3)4)28-11-8-12-29(31(28)34)25-15-26(35-19-22-13-14-22)18-27(16-25)37(5)20-24-10-7-6-9-23(24)17-30(38)39/h6-12,15-16,18,21-22,35H,13-14,17,19-20H2,1-5H3,(H,36,40)(H,38,39). The molecule has 218 valence electrons. The zero-order chi connectivity index (χ0) is 29.7. The number of benzene rings is 3. The quantitative estimate of drug-likeness (QED) is 0.230. The Balaban J connectivity index is 1.65. The first-order valence-electron chi connectivity index (χ1n) is 14.1. The summed E-state index contributed by atoms with van der Waals surface area (Å²) in [5.41, 5.74) is 4.28. The van der Waals surface area contributed by atoms with E-state index in [1.807, 2.05) is 54.4 Å². The Labute approximate surface area is 241 Å². The summed E-state index contributed by atoms with van der Waals surface area (Å²) in [4.78, 5) is 25.8. The highest BCUT2D eigenvalue weighted by molar-refractivity contribution is 5.76. The monoisotopic (exact) mass is 561 g/mol. The Morgan fingerprint density at radius 2 is 1.78 bits per heavy atom. The van der Waals surface area contributed by atoms with Crippen LogP contribution in [-0.2, 0) is 22.5 Å². The molecule has 3 aromatic rings. The van der Waals surface area contributed by atoms with Crippen LogP contribution in [0.2, 0.25) is 0 Å². The molecule has 3 N–H and O–H groups in total. The number of carbonyl (C=O) groups is 2. The number of hydrogen-bond acceptors (Lipinski definition) is 5. The predicted octanol–water partition coefficient (Wildman–Crippen LogP) is 7.16. The molecule has 0 bridgehead atoms. The van der Waals surface area contributed by atoms with Crippen molar-refractivity contribution in [2.45, 2.75) is 65.1 Å². The minimum atomic E-state index is -0.876. The topological polar surface area (TPSA) is 90.9 Å². The van der Waals surface area contributed by atoms with E-state index >= 15 is 4.39 Å². The van der Waals surface area contributed by atoms with E-state index in [-0.39, 0.29) is 6.42 Å². The lowest BCUT2D eigenvalue weighted by Gasteiger charge is -2.24. The summed E-state index contributed by atoms with van der Waals surface area (Å²) in [6.07, 6.45) is 1.76. The van der Waals surface area contributed by atoms with Crippen LogP contribution in [0.15, 0.2) is 60.7 Å². The normalized spacial score (nSPS) is 13.8. The van der Waals surface area contributed by atoms with Gasteiger partial charge in [0.15, 0.2) is 0 Å². The third-order valence-corrected chi connectivity index (χ3v) is 7.06. The molecule has 41 heavy (non-hydrogen) atoms. The van der Waals surface area contributed by atoms with E-state index in [1.165, 1.54) is 12.8 Å². The molecule has 1 atom stereocenters. The van der Waals surface area contributed by atoms with Crippen molar-refractivity contribution >= 4 is 23.4 Å². The maximum Gasteiger partial charge on any atom is 0.408 e. The first-order chi connectivity index (χ1) is 19.4. The van der Waals surface area contributed by atoms with Gasteiger partial charge in [0.05, 0.1) is 12.5 Å². The van der Waals surface area contributed by atoms with Crippen molar-refractivity contribution < 1.29 is 23.8 Å². The maximum absolute atomic E-state index is 16.0. The molecule has 0 aromatic heterocycles. The molecule has 8 heteroatoms. The minimum absolute atomic E-state index is 0.0498. The number of aliphatic carboxylic acids is 1. The van der Waals surface area contributed by atoms with Gasteiger partial charge in [0.1, 0.15) is 11.4 Å². The number of ether oxygens (including phenoxy) is 1. The number of carboxylic acid groups (broad SMARTS) is 1. The third-order valence-electron chi connectivity index (χ3n) is 7.06. The number of halogens is 1. The fourth-order valence-electron chi connectivity index (χ4n) is 4.74. The van der Waals surface area contributed by atoms with Crippen molar-refractivity contribution in [3.63, 3.8) is 0 Å². The van der Waals surface area contributed by atoms with Crippen molar-refractivity contribution in [3.05, 3.63) is 83.2 Å². The third kappa shape index (κ3) is 8.46. The Hall–Kier alpha value is -4.07. The van der Waals surface area contributed by atoms with Gasteiger partial charge in [-0.15, -0.1) is 0 Å². The van der Waals surface area contributed by atoms with E-state index in [9.17, 15) is 14.7 Å². The summed E-state index contributed by atoms with van der Waals surface area (Å²) < 4.78 is 21.4. The van der Waals surface area contributed by atoms with Gasteiger partial charge in [-0.1, -0.05) is 42.5 Å². The van der Waals surface area contributed by atoms with Crippen LogP contribution in [0.4, 0.5) is 20.6 Å². The molecular formula is C33H40FN3O4. The van der Waals surface area contributed by atoms with E-state index in [1.54, 1.807) is 45.9 Å². The summed E-state index contributed by atoms with van der Waals surface area (Å²) in [5, 5.41) is 15.6. The van der Waals surface area contributed by atoms with Crippen molar-refractivity contribution in [1.82, 2.24) is 5.32 Å². The van der Waals surface area contributed by atoms with Crippen LogP contribution >= 0.6 is 0 Å². The first-order valence-corrected chi connectivity index (χ1v) is 14.1. The van der Waals surface area contributed by atoms with Crippen molar-refractivity contribution in [2.75, 3.05) is 23.8 Å². The van der Waals surface area contributed by atoms with Gasteiger partial charge < -0.3 is 25.4 Å². The van der Waals surface area contributed by atoms with Gasteiger partial charge in [-0.3, -0.25) is 4.79 Å². The second kappa shape index (κ2) is 12.6. The van der Waals surface area contributed by atoms with Gasteiger partial charge in [-0.05, 0) is 81.3 Å².